The van der Waals surface area contributed by atoms with Crippen molar-refractivity contribution in [2.45, 2.75) is 19.3 Å². The van der Waals surface area contributed by atoms with Crippen LogP contribution in [0.2, 0.25) is 5.02 Å². The first-order valence-electron chi connectivity index (χ1n) is 6.91. The first-order chi connectivity index (χ1) is 10.0. The lowest BCUT2D eigenvalue weighted by atomic mass is 9.79. The Bertz CT molecular complexity index is 510. The number of nitrogens with one attached hydrogen (secondary N) is 1. The molecule has 0 spiro atoms. The normalized spacial score (nSPS) is 17.2. The molecule has 1 aromatic carbocycles. The van der Waals surface area contributed by atoms with Crippen LogP contribution in [0.5, 0.6) is 0 Å². The maximum Gasteiger partial charge on any atom is 0.225 e. The third kappa shape index (κ3) is 4.19. The minimum absolute atomic E-state index is 0.135. The number of carbonyl (C=O) groups excluding carboxylic acids is 2. The van der Waals surface area contributed by atoms with Crippen molar-refractivity contribution in [3.05, 3.63) is 34.9 Å². The number of carbonyl (C=O) groups is 2. The summed E-state index contributed by atoms with van der Waals surface area (Å²) in [6.45, 7) is 1.25. The number of halogens is 1. The average molecular weight is 311 g/mol. The Morgan fingerprint density at radius 1 is 1.24 bits per heavy atom. The van der Waals surface area contributed by atoms with E-state index in [2.05, 4.69) is 5.32 Å². The van der Waals surface area contributed by atoms with Crippen molar-refractivity contribution in [1.29, 1.82) is 0 Å². The lowest BCUT2D eigenvalue weighted by Gasteiger charge is -2.34. The van der Waals surface area contributed by atoms with Crippen molar-refractivity contribution in [3.8, 4) is 0 Å². The third-order valence-electron chi connectivity index (χ3n) is 3.87. The van der Waals surface area contributed by atoms with Gasteiger partial charge in [0, 0.05) is 24.8 Å². The minimum Gasteiger partial charge on any atom is -0.381 e. The molecule has 0 aliphatic carbocycles. The molecule has 114 valence electrons. The predicted octanol–water partition coefficient (Wildman–Crippen LogP) is 1.28. The fourth-order valence-corrected chi connectivity index (χ4v) is 2.52. The number of hydrogen-bond acceptors (Lipinski definition) is 3. The Labute approximate surface area is 128 Å². The standard InChI is InChI=1S/C15H19ClN2O3/c16-12-3-1-11(2-4-12)9-13(19)18-10-15(14(17)20)5-7-21-8-6-15/h1-4H,5-10H2,(H2,17,20)(H,18,19). The summed E-state index contributed by atoms with van der Waals surface area (Å²) in [6, 6.07) is 7.10. The van der Waals surface area contributed by atoms with Gasteiger partial charge in [-0.1, -0.05) is 23.7 Å². The van der Waals surface area contributed by atoms with Gasteiger partial charge in [0.15, 0.2) is 0 Å². The van der Waals surface area contributed by atoms with Crippen LogP contribution in [0.4, 0.5) is 0 Å². The van der Waals surface area contributed by atoms with Crippen molar-refractivity contribution in [1.82, 2.24) is 5.32 Å². The molecule has 1 aliphatic rings. The molecule has 21 heavy (non-hydrogen) atoms. The zero-order chi connectivity index (χ0) is 15.3. The lowest BCUT2D eigenvalue weighted by Crippen LogP contribution is -2.49. The fourth-order valence-electron chi connectivity index (χ4n) is 2.39. The Morgan fingerprint density at radius 2 is 1.86 bits per heavy atom. The molecule has 6 heteroatoms. The summed E-state index contributed by atoms with van der Waals surface area (Å²) in [5.74, 6) is -0.512. The van der Waals surface area contributed by atoms with Gasteiger partial charge in [-0.2, -0.15) is 0 Å². The summed E-state index contributed by atoms with van der Waals surface area (Å²) < 4.78 is 5.26. The van der Waals surface area contributed by atoms with Crippen LogP contribution in [0.25, 0.3) is 0 Å². The molecule has 1 heterocycles. The highest BCUT2D eigenvalue weighted by Crippen LogP contribution is 2.29. The molecule has 0 radical (unpaired) electrons. The first-order valence-corrected chi connectivity index (χ1v) is 7.28. The van der Waals surface area contributed by atoms with Gasteiger partial charge in [-0.05, 0) is 30.5 Å². The molecule has 0 saturated carbocycles. The van der Waals surface area contributed by atoms with E-state index in [1.165, 1.54) is 0 Å². The van der Waals surface area contributed by atoms with Gasteiger partial charge in [0.05, 0.1) is 11.8 Å². The summed E-state index contributed by atoms with van der Waals surface area (Å²) in [7, 11) is 0. The van der Waals surface area contributed by atoms with Gasteiger partial charge in [-0.25, -0.2) is 0 Å². The van der Waals surface area contributed by atoms with Crippen LogP contribution in [0.3, 0.4) is 0 Å². The molecule has 0 aromatic heterocycles. The third-order valence-corrected chi connectivity index (χ3v) is 4.13. The maximum atomic E-state index is 12.0. The average Bonchev–Trinajstić information content (AvgIpc) is 2.48. The summed E-state index contributed by atoms with van der Waals surface area (Å²) in [4.78, 5) is 23.7. The van der Waals surface area contributed by atoms with E-state index in [4.69, 9.17) is 22.1 Å². The van der Waals surface area contributed by atoms with Crippen molar-refractivity contribution in [2.24, 2.45) is 11.1 Å². The SMILES string of the molecule is NC(=O)C1(CNC(=O)Cc2ccc(Cl)cc2)CCOCC1. The second-order valence-electron chi connectivity index (χ2n) is 5.34. The Hall–Kier alpha value is -1.59. The molecule has 0 bridgehead atoms. The van der Waals surface area contributed by atoms with Crippen molar-refractivity contribution in [3.63, 3.8) is 0 Å². The molecule has 1 aromatic rings. The Morgan fingerprint density at radius 3 is 2.43 bits per heavy atom. The smallest absolute Gasteiger partial charge is 0.225 e. The molecule has 0 atom stereocenters. The topological polar surface area (TPSA) is 81.4 Å². The van der Waals surface area contributed by atoms with Crippen LogP contribution in [0.1, 0.15) is 18.4 Å². The van der Waals surface area contributed by atoms with E-state index in [1.54, 1.807) is 24.3 Å². The number of hydrogen-bond donors (Lipinski definition) is 2. The van der Waals surface area contributed by atoms with Gasteiger partial charge in [0.1, 0.15) is 0 Å². The number of rotatable bonds is 5. The van der Waals surface area contributed by atoms with Gasteiger partial charge < -0.3 is 15.8 Å². The first kappa shape index (κ1) is 15.8. The van der Waals surface area contributed by atoms with Crippen molar-refractivity contribution < 1.29 is 14.3 Å². The Balaban J connectivity index is 1.90. The predicted molar refractivity (Wildman–Crippen MR) is 79.8 cm³/mol. The lowest BCUT2D eigenvalue weighted by molar-refractivity contribution is -0.133. The molecule has 5 nitrogen and oxygen atoms in total. The van der Waals surface area contributed by atoms with Crippen LogP contribution >= 0.6 is 11.6 Å². The molecule has 0 unspecified atom stereocenters. The molecular formula is C15H19ClN2O3. The zero-order valence-corrected chi connectivity index (χ0v) is 12.5. The summed E-state index contributed by atoms with van der Waals surface area (Å²) >= 11 is 5.80. The molecule has 2 rings (SSSR count). The number of primary amides is 1. The van der Waals surface area contributed by atoms with E-state index < -0.39 is 5.41 Å². The van der Waals surface area contributed by atoms with Crippen molar-refractivity contribution in [2.75, 3.05) is 19.8 Å². The monoisotopic (exact) mass is 310 g/mol. The van der Waals surface area contributed by atoms with E-state index in [1.807, 2.05) is 0 Å². The maximum absolute atomic E-state index is 12.0. The molecule has 1 aliphatic heterocycles. The summed E-state index contributed by atoms with van der Waals surface area (Å²) in [6.07, 6.45) is 1.34. The van der Waals surface area contributed by atoms with Gasteiger partial charge in [0.25, 0.3) is 0 Å². The van der Waals surface area contributed by atoms with E-state index in [9.17, 15) is 9.59 Å². The fraction of sp³-hybridized carbons (Fsp3) is 0.467. The Kier molecular flexibility index (Phi) is 5.20. The van der Waals surface area contributed by atoms with Gasteiger partial charge >= 0.3 is 0 Å². The number of ether oxygens (including phenoxy) is 1. The van der Waals surface area contributed by atoms with E-state index in [0.29, 0.717) is 31.1 Å². The molecule has 3 N–H and O–H groups in total. The molecule has 2 amide bonds. The molecule has 1 fully saturated rings. The van der Waals surface area contributed by atoms with Crippen LogP contribution in [0, 0.1) is 5.41 Å². The molecule has 1 saturated heterocycles. The van der Waals surface area contributed by atoms with Gasteiger partial charge in [0.2, 0.25) is 11.8 Å². The molecular weight excluding hydrogens is 292 g/mol. The summed E-state index contributed by atoms with van der Waals surface area (Å²) in [5, 5.41) is 3.44. The highest BCUT2D eigenvalue weighted by atomic mass is 35.5. The number of nitrogens with two attached hydrogens (primary N) is 1. The van der Waals surface area contributed by atoms with Crippen LogP contribution < -0.4 is 11.1 Å². The van der Waals surface area contributed by atoms with Gasteiger partial charge in [-0.3, -0.25) is 9.59 Å². The second-order valence-corrected chi connectivity index (χ2v) is 5.77. The highest BCUT2D eigenvalue weighted by molar-refractivity contribution is 6.30. The quantitative estimate of drug-likeness (QED) is 0.859. The number of benzene rings is 1. The van der Waals surface area contributed by atoms with E-state index >= 15 is 0 Å². The van der Waals surface area contributed by atoms with E-state index in [0.717, 1.165) is 5.56 Å². The number of amides is 2. The van der Waals surface area contributed by atoms with Crippen molar-refractivity contribution >= 4 is 23.4 Å². The summed E-state index contributed by atoms with van der Waals surface area (Å²) in [5.41, 5.74) is 5.68. The highest BCUT2D eigenvalue weighted by Gasteiger charge is 2.38. The largest absolute Gasteiger partial charge is 0.381 e. The second kappa shape index (κ2) is 6.91. The van der Waals surface area contributed by atoms with Crippen LogP contribution in [0.15, 0.2) is 24.3 Å². The van der Waals surface area contributed by atoms with Crippen LogP contribution in [-0.4, -0.2) is 31.6 Å². The van der Waals surface area contributed by atoms with E-state index in [-0.39, 0.29) is 24.8 Å². The van der Waals surface area contributed by atoms with Crippen LogP contribution in [-0.2, 0) is 20.7 Å². The van der Waals surface area contributed by atoms with Gasteiger partial charge in [-0.15, -0.1) is 0 Å². The minimum atomic E-state index is -0.687. The zero-order valence-electron chi connectivity index (χ0n) is 11.7.